The molecule has 0 heterocycles. The second kappa shape index (κ2) is 7.35. The van der Waals surface area contributed by atoms with Gasteiger partial charge in [0.2, 0.25) is 0 Å². The summed E-state index contributed by atoms with van der Waals surface area (Å²) in [6, 6.07) is 0. The molecule has 0 amide bonds. The first-order valence-electron chi connectivity index (χ1n) is 11.7. The van der Waals surface area contributed by atoms with Crippen molar-refractivity contribution in [3.05, 3.63) is 0 Å². The number of hydrogen-bond acceptors (Lipinski definition) is 4. The van der Waals surface area contributed by atoms with Gasteiger partial charge in [0.1, 0.15) is 5.78 Å². The van der Waals surface area contributed by atoms with Gasteiger partial charge in [0, 0.05) is 6.42 Å². The maximum atomic E-state index is 11.4. The third-order valence-corrected chi connectivity index (χ3v) is 10.0. The SMILES string of the molecule is CC(=O)CCCC1CC[C@H]2C3[C@H](O)CC4C[C@H](O)CCC4(C)[C@H]3C[C@H](O)C12C. The monoisotopic (exact) mass is 392 g/mol. The van der Waals surface area contributed by atoms with E-state index in [4.69, 9.17) is 0 Å². The van der Waals surface area contributed by atoms with Crippen LogP contribution >= 0.6 is 0 Å². The van der Waals surface area contributed by atoms with E-state index in [2.05, 4.69) is 13.8 Å². The summed E-state index contributed by atoms with van der Waals surface area (Å²) in [6.07, 6.45) is 8.23. The summed E-state index contributed by atoms with van der Waals surface area (Å²) >= 11 is 0. The third-order valence-electron chi connectivity index (χ3n) is 10.0. The van der Waals surface area contributed by atoms with Crippen LogP contribution in [0.25, 0.3) is 0 Å². The minimum atomic E-state index is -0.321. The Labute approximate surface area is 170 Å². The average Bonchev–Trinajstić information content (AvgIpc) is 2.95. The number of fused-ring (bicyclic) bond motifs is 5. The number of rotatable bonds is 4. The molecule has 4 nitrogen and oxygen atoms in total. The van der Waals surface area contributed by atoms with Gasteiger partial charge in [0.15, 0.2) is 0 Å². The van der Waals surface area contributed by atoms with Gasteiger partial charge in [-0.3, -0.25) is 0 Å². The first-order valence-corrected chi connectivity index (χ1v) is 11.7. The molecule has 0 aromatic carbocycles. The number of carbonyl (C=O) groups excluding carboxylic acids is 1. The smallest absolute Gasteiger partial charge is 0.129 e. The van der Waals surface area contributed by atoms with Gasteiger partial charge < -0.3 is 20.1 Å². The van der Waals surface area contributed by atoms with Gasteiger partial charge in [-0.15, -0.1) is 0 Å². The van der Waals surface area contributed by atoms with Crippen molar-refractivity contribution in [2.75, 3.05) is 0 Å². The highest BCUT2D eigenvalue weighted by Gasteiger charge is 2.65. The molecule has 4 aliphatic carbocycles. The van der Waals surface area contributed by atoms with Crippen molar-refractivity contribution in [1.29, 1.82) is 0 Å². The van der Waals surface area contributed by atoms with Crippen LogP contribution in [0.1, 0.15) is 85.0 Å². The Morgan fingerprint density at radius 2 is 1.75 bits per heavy atom. The Kier molecular flexibility index (Phi) is 5.46. The molecule has 10 atom stereocenters. The molecule has 0 aromatic rings. The van der Waals surface area contributed by atoms with E-state index < -0.39 is 0 Å². The van der Waals surface area contributed by atoms with Crippen LogP contribution in [0.15, 0.2) is 0 Å². The molecule has 0 aliphatic heterocycles. The fourth-order valence-electron chi connectivity index (χ4n) is 8.36. The molecule has 28 heavy (non-hydrogen) atoms. The van der Waals surface area contributed by atoms with Crippen molar-refractivity contribution in [1.82, 2.24) is 0 Å². The molecule has 4 fully saturated rings. The highest BCUT2D eigenvalue weighted by atomic mass is 16.3. The van der Waals surface area contributed by atoms with Crippen LogP contribution in [0.3, 0.4) is 0 Å². The second-order valence-corrected chi connectivity index (χ2v) is 11.2. The van der Waals surface area contributed by atoms with E-state index in [-0.39, 0.29) is 40.8 Å². The average molecular weight is 393 g/mol. The summed E-state index contributed by atoms with van der Waals surface area (Å²) in [5.74, 6) is 2.10. The molecule has 4 aliphatic rings. The summed E-state index contributed by atoms with van der Waals surface area (Å²) < 4.78 is 0. The molecular weight excluding hydrogens is 352 g/mol. The topological polar surface area (TPSA) is 77.8 Å². The Morgan fingerprint density at radius 3 is 2.46 bits per heavy atom. The van der Waals surface area contributed by atoms with Crippen LogP contribution in [0, 0.1) is 40.4 Å². The van der Waals surface area contributed by atoms with E-state index in [1.54, 1.807) is 6.92 Å². The molecule has 0 spiro atoms. The number of ketones is 1. The first kappa shape index (κ1) is 20.8. The van der Waals surface area contributed by atoms with Gasteiger partial charge in [0.25, 0.3) is 0 Å². The zero-order valence-electron chi connectivity index (χ0n) is 17.9. The highest BCUT2D eigenvalue weighted by Crippen LogP contribution is 2.67. The maximum Gasteiger partial charge on any atom is 0.129 e. The summed E-state index contributed by atoms with van der Waals surface area (Å²) in [5.41, 5.74) is 0.00840. The zero-order chi connectivity index (χ0) is 20.3. The predicted molar refractivity (Wildman–Crippen MR) is 109 cm³/mol. The van der Waals surface area contributed by atoms with Crippen LogP contribution in [0.4, 0.5) is 0 Å². The lowest BCUT2D eigenvalue weighted by Crippen LogP contribution is -2.62. The molecule has 0 saturated heterocycles. The van der Waals surface area contributed by atoms with Crippen molar-refractivity contribution in [2.24, 2.45) is 40.4 Å². The van der Waals surface area contributed by atoms with Gasteiger partial charge in [-0.2, -0.15) is 0 Å². The lowest BCUT2D eigenvalue weighted by atomic mass is 9.43. The van der Waals surface area contributed by atoms with E-state index in [0.29, 0.717) is 30.1 Å². The van der Waals surface area contributed by atoms with Gasteiger partial charge in [-0.25, -0.2) is 0 Å². The lowest BCUT2D eigenvalue weighted by molar-refractivity contribution is -0.204. The number of carbonyl (C=O) groups is 1. The van der Waals surface area contributed by atoms with Crippen LogP contribution in [0.2, 0.25) is 0 Å². The minimum Gasteiger partial charge on any atom is -0.393 e. The molecule has 3 N–H and O–H groups in total. The van der Waals surface area contributed by atoms with E-state index in [1.165, 1.54) is 0 Å². The van der Waals surface area contributed by atoms with Crippen molar-refractivity contribution >= 4 is 5.78 Å². The van der Waals surface area contributed by atoms with Crippen molar-refractivity contribution in [3.63, 3.8) is 0 Å². The maximum absolute atomic E-state index is 11.4. The fraction of sp³-hybridized carbons (Fsp3) is 0.958. The Morgan fingerprint density at radius 1 is 1.00 bits per heavy atom. The summed E-state index contributed by atoms with van der Waals surface area (Å²) in [6.45, 7) is 6.31. The predicted octanol–water partition coefficient (Wildman–Crippen LogP) is 3.71. The molecule has 5 unspecified atom stereocenters. The van der Waals surface area contributed by atoms with Gasteiger partial charge in [-0.05, 0) is 105 Å². The highest BCUT2D eigenvalue weighted by molar-refractivity contribution is 5.75. The Hall–Kier alpha value is -0.450. The molecule has 0 bridgehead atoms. The van der Waals surface area contributed by atoms with Gasteiger partial charge in [0.05, 0.1) is 18.3 Å². The standard InChI is InChI=1S/C24H40O4/c1-14(25)5-4-6-15-7-8-18-22-19(13-21(28)24(15,18)3)23(2)10-9-17(26)11-16(23)12-20(22)27/h15-22,26-28H,4-13H2,1-3H3/t15?,16?,17-,18+,19+,20-,21+,22?,23?,24?/m1/s1. The summed E-state index contributed by atoms with van der Waals surface area (Å²) in [4.78, 5) is 11.4. The van der Waals surface area contributed by atoms with Crippen LogP contribution < -0.4 is 0 Å². The van der Waals surface area contributed by atoms with Crippen LogP contribution in [-0.2, 0) is 4.79 Å². The lowest BCUT2D eigenvalue weighted by Gasteiger charge is -2.63. The largest absolute Gasteiger partial charge is 0.393 e. The first-order chi connectivity index (χ1) is 13.2. The van der Waals surface area contributed by atoms with Crippen molar-refractivity contribution < 1.29 is 20.1 Å². The molecular formula is C24H40O4. The second-order valence-electron chi connectivity index (χ2n) is 11.2. The van der Waals surface area contributed by atoms with Crippen molar-refractivity contribution in [3.8, 4) is 0 Å². The van der Waals surface area contributed by atoms with Crippen molar-refractivity contribution in [2.45, 2.75) is 103 Å². The molecule has 160 valence electrons. The van der Waals surface area contributed by atoms with E-state index >= 15 is 0 Å². The fourth-order valence-corrected chi connectivity index (χ4v) is 8.36. The van der Waals surface area contributed by atoms with E-state index in [0.717, 1.165) is 57.8 Å². The minimum absolute atomic E-state index is 0.129. The molecule has 0 aromatic heterocycles. The third kappa shape index (κ3) is 3.09. The molecule has 4 heteroatoms. The molecule has 4 saturated carbocycles. The Balaban J connectivity index is 1.58. The van der Waals surface area contributed by atoms with Gasteiger partial charge in [-0.1, -0.05) is 13.8 Å². The summed E-state index contributed by atoms with van der Waals surface area (Å²) in [5, 5.41) is 32.8. The number of aliphatic hydroxyl groups excluding tert-OH is 3. The van der Waals surface area contributed by atoms with Crippen LogP contribution in [0.5, 0.6) is 0 Å². The number of aliphatic hydroxyl groups is 3. The molecule has 4 rings (SSSR count). The number of Topliss-reactive ketones (excluding diaryl/α,β-unsaturated/α-hetero) is 1. The zero-order valence-corrected chi connectivity index (χ0v) is 17.9. The normalized spacial score (nSPS) is 53.2. The van der Waals surface area contributed by atoms with Crippen LogP contribution in [-0.4, -0.2) is 39.4 Å². The molecule has 0 radical (unpaired) electrons. The quantitative estimate of drug-likeness (QED) is 0.682. The van der Waals surface area contributed by atoms with Gasteiger partial charge >= 0.3 is 0 Å². The Bertz CT molecular complexity index is 605. The van der Waals surface area contributed by atoms with E-state index in [9.17, 15) is 20.1 Å². The summed E-state index contributed by atoms with van der Waals surface area (Å²) in [7, 11) is 0. The number of hydrogen-bond donors (Lipinski definition) is 3. The van der Waals surface area contributed by atoms with E-state index in [1.807, 2.05) is 0 Å².